The number of nitrogens with one attached hydrogen (secondary N) is 1. The fraction of sp³-hybridized carbons (Fsp3) is 0.929. The van der Waals surface area contributed by atoms with Crippen molar-refractivity contribution in [2.75, 3.05) is 6.61 Å². The summed E-state index contributed by atoms with van der Waals surface area (Å²) in [4.78, 5) is 12.0. The Bertz CT molecular complexity index is 283. The fourth-order valence-corrected chi connectivity index (χ4v) is 3.01. The smallest absolute Gasteiger partial charge is 0.223 e. The molecule has 104 valence electrons. The number of carbonyl (C=O) groups excluding carboxylic acids is 1. The van der Waals surface area contributed by atoms with Gasteiger partial charge in [-0.25, -0.2) is 0 Å². The number of amides is 1. The summed E-state index contributed by atoms with van der Waals surface area (Å²) in [6.07, 6.45) is 7.85. The van der Waals surface area contributed by atoms with E-state index >= 15 is 0 Å². The minimum absolute atomic E-state index is 0.0512. The normalized spacial score (nSPS) is 24.6. The molecule has 18 heavy (non-hydrogen) atoms. The van der Waals surface area contributed by atoms with Crippen LogP contribution in [0.25, 0.3) is 0 Å². The lowest BCUT2D eigenvalue weighted by Gasteiger charge is -2.32. The van der Waals surface area contributed by atoms with Gasteiger partial charge in [-0.15, -0.1) is 0 Å². The van der Waals surface area contributed by atoms with Crippen LogP contribution in [0.3, 0.4) is 0 Å². The number of hydrogen-bond donors (Lipinski definition) is 3. The third-order valence-electron chi connectivity index (χ3n) is 4.25. The maximum atomic E-state index is 12.0. The van der Waals surface area contributed by atoms with Gasteiger partial charge in [0.15, 0.2) is 0 Å². The second-order valence-electron chi connectivity index (χ2n) is 5.99. The predicted molar refractivity (Wildman–Crippen MR) is 69.0 cm³/mol. The molecule has 4 nitrogen and oxygen atoms in total. The Labute approximate surface area is 109 Å². The molecule has 3 N–H and O–H groups in total. The summed E-state index contributed by atoms with van der Waals surface area (Å²) in [6, 6.07) is 0.106. The van der Waals surface area contributed by atoms with Crippen molar-refractivity contribution in [2.45, 2.75) is 69.4 Å². The minimum atomic E-state index is -0.782. The molecule has 0 heterocycles. The Kier molecular flexibility index (Phi) is 4.62. The highest BCUT2D eigenvalue weighted by atomic mass is 16.3. The number of aliphatic hydroxyl groups is 2. The van der Waals surface area contributed by atoms with E-state index in [0.717, 1.165) is 38.5 Å². The standard InChI is InChI=1S/C14H25NO3/c16-9-6-12(11-4-5-11)15-13(17)10-14(18)7-2-1-3-8-14/h11-12,16,18H,1-10H2,(H,15,17). The van der Waals surface area contributed by atoms with Crippen molar-refractivity contribution < 1.29 is 15.0 Å². The van der Waals surface area contributed by atoms with Crippen molar-refractivity contribution in [1.29, 1.82) is 0 Å². The van der Waals surface area contributed by atoms with Crippen molar-refractivity contribution >= 4 is 5.91 Å². The summed E-state index contributed by atoms with van der Waals surface area (Å²) in [7, 11) is 0. The van der Waals surface area contributed by atoms with Crippen LogP contribution in [0.4, 0.5) is 0 Å². The molecule has 0 aliphatic heterocycles. The van der Waals surface area contributed by atoms with Crippen LogP contribution < -0.4 is 5.32 Å². The van der Waals surface area contributed by atoms with E-state index in [0.29, 0.717) is 12.3 Å². The van der Waals surface area contributed by atoms with Gasteiger partial charge in [0, 0.05) is 12.6 Å². The molecular formula is C14H25NO3. The van der Waals surface area contributed by atoms with Crippen LogP contribution in [0.15, 0.2) is 0 Å². The van der Waals surface area contributed by atoms with Crippen LogP contribution in [-0.2, 0) is 4.79 Å². The number of hydrogen-bond acceptors (Lipinski definition) is 3. The zero-order valence-corrected chi connectivity index (χ0v) is 11.0. The highest BCUT2D eigenvalue weighted by Crippen LogP contribution is 2.35. The van der Waals surface area contributed by atoms with Gasteiger partial charge in [-0.3, -0.25) is 4.79 Å². The molecule has 2 rings (SSSR count). The summed E-state index contributed by atoms with van der Waals surface area (Å²) >= 11 is 0. The van der Waals surface area contributed by atoms with Crippen molar-refractivity contribution in [2.24, 2.45) is 5.92 Å². The van der Waals surface area contributed by atoms with Crippen LogP contribution in [0.5, 0.6) is 0 Å². The Balaban J connectivity index is 1.79. The molecule has 0 aromatic rings. The van der Waals surface area contributed by atoms with Crippen LogP contribution >= 0.6 is 0 Å². The summed E-state index contributed by atoms with van der Waals surface area (Å²) in [5.41, 5.74) is -0.782. The van der Waals surface area contributed by atoms with Crippen molar-refractivity contribution in [3.63, 3.8) is 0 Å². The Morgan fingerprint density at radius 3 is 2.50 bits per heavy atom. The van der Waals surface area contributed by atoms with Gasteiger partial charge in [0.1, 0.15) is 0 Å². The highest BCUT2D eigenvalue weighted by Gasteiger charge is 2.35. The Morgan fingerprint density at radius 1 is 1.28 bits per heavy atom. The molecule has 0 aromatic carbocycles. The van der Waals surface area contributed by atoms with Gasteiger partial charge in [-0.2, -0.15) is 0 Å². The van der Waals surface area contributed by atoms with E-state index in [1.807, 2.05) is 0 Å². The van der Waals surface area contributed by atoms with Crippen LogP contribution in [0.1, 0.15) is 57.8 Å². The average molecular weight is 255 g/mol. The predicted octanol–water partition coefficient (Wildman–Crippen LogP) is 1.35. The van der Waals surface area contributed by atoms with Gasteiger partial charge in [0.05, 0.1) is 12.0 Å². The van der Waals surface area contributed by atoms with Gasteiger partial charge in [0.25, 0.3) is 0 Å². The molecule has 2 aliphatic rings. The van der Waals surface area contributed by atoms with Gasteiger partial charge >= 0.3 is 0 Å². The first kappa shape index (κ1) is 13.8. The molecule has 0 bridgehead atoms. The molecule has 0 radical (unpaired) electrons. The van der Waals surface area contributed by atoms with Crippen LogP contribution in [0.2, 0.25) is 0 Å². The van der Waals surface area contributed by atoms with Crippen molar-refractivity contribution in [1.82, 2.24) is 5.32 Å². The summed E-state index contributed by atoms with van der Waals surface area (Å²) in [5.74, 6) is 0.492. The SMILES string of the molecule is O=C(CC1(O)CCCCC1)NC(CCO)C1CC1. The number of rotatable bonds is 6. The molecule has 0 spiro atoms. The zero-order chi connectivity index (χ0) is 13.0. The first-order chi connectivity index (χ1) is 8.63. The fourth-order valence-electron chi connectivity index (χ4n) is 3.01. The third-order valence-corrected chi connectivity index (χ3v) is 4.25. The maximum absolute atomic E-state index is 12.0. The van der Waals surface area contributed by atoms with E-state index in [1.54, 1.807) is 0 Å². The molecule has 1 atom stereocenters. The molecule has 2 fully saturated rings. The van der Waals surface area contributed by atoms with Crippen molar-refractivity contribution in [3.05, 3.63) is 0 Å². The average Bonchev–Trinajstić information content (AvgIpc) is 3.12. The first-order valence-electron chi connectivity index (χ1n) is 7.25. The van der Waals surface area contributed by atoms with Gasteiger partial charge in [-0.05, 0) is 38.0 Å². The molecule has 2 aliphatic carbocycles. The second kappa shape index (κ2) is 6.02. The maximum Gasteiger partial charge on any atom is 0.223 e. The summed E-state index contributed by atoms with van der Waals surface area (Å²) in [5, 5.41) is 22.3. The Morgan fingerprint density at radius 2 is 1.94 bits per heavy atom. The first-order valence-corrected chi connectivity index (χ1v) is 7.25. The Hall–Kier alpha value is -0.610. The molecular weight excluding hydrogens is 230 g/mol. The molecule has 0 aromatic heterocycles. The zero-order valence-electron chi connectivity index (χ0n) is 11.0. The van der Waals surface area contributed by atoms with E-state index in [1.165, 1.54) is 6.42 Å². The lowest BCUT2D eigenvalue weighted by atomic mass is 9.82. The third kappa shape index (κ3) is 3.95. The molecule has 1 amide bonds. The van der Waals surface area contributed by atoms with E-state index < -0.39 is 5.60 Å². The molecule has 2 saturated carbocycles. The van der Waals surface area contributed by atoms with E-state index in [-0.39, 0.29) is 25.0 Å². The van der Waals surface area contributed by atoms with Crippen molar-refractivity contribution in [3.8, 4) is 0 Å². The summed E-state index contributed by atoms with van der Waals surface area (Å²) in [6.45, 7) is 0.117. The van der Waals surface area contributed by atoms with Gasteiger partial charge in [-0.1, -0.05) is 19.3 Å². The molecule has 0 saturated heterocycles. The monoisotopic (exact) mass is 255 g/mol. The molecule has 1 unspecified atom stereocenters. The largest absolute Gasteiger partial charge is 0.396 e. The van der Waals surface area contributed by atoms with E-state index in [2.05, 4.69) is 5.32 Å². The number of aliphatic hydroxyl groups excluding tert-OH is 1. The minimum Gasteiger partial charge on any atom is -0.396 e. The second-order valence-corrected chi connectivity index (χ2v) is 5.99. The van der Waals surface area contributed by atoms with Crippen LogP contribution in [-0.4, -0.2) is 34.4 Å². The van der Waals surface area contributed by atoms with Gasteiger partial charge < -0.3 is 15.5 Å². The summed E-state index contributed by atoms with van der Waals surface area (Å²) < 4.78 is 0. The van der Waals surface area contributed by atoms with E-state index in [9.17, 15) is 9.90 Å². The lowest BCUT2D eigenvalue weighted by molar-refractivity contribution is -0.128. The highest BCUT2D eigenvalue weighted by molar-refractivity contribution is 5.77. The number of carbonyl (C=O) groups is 1. The van der Waals surface area contributed by atoms with Gasteiger partial charge in [0.2, 0.25) is 5.91 Å². The van der Waals surface area contributed by atoms with E-state index in [4.69, 9.17) is 5.11 Å². The quantitative estimate of drug-likeness (QED) is 0.671. The topological polar surface area (TPSA) is 69.6 Å². The lowest BCUT2D eigenvalue weighted by Crippen LogP contribution is -2.43. The van der Waals surface area contributed by atoms with Crippen LogP contribution in [0, 0.1) is 5.92 Å². The molecule has 4 heteroatoms.